The topological polar surface area (TPSA) is 44.3 Å². The van der Waals surface area contributed by atoms with Crippen LogP contribution in [0, 0.1) is 0 Å². The molecule has 0 atom stereocenters. The fraction of sp³-hybridized carbons (Fsp3) is 1.00. The molecule has 52 valence electrons. The van der Waals surface area contributed by atoms with Gasteiger partial charge in [0, 0.05) is 19.6 Å². The van der Waals surface area contributed by atoms with Crippen LogP contribution in [0.3, 0.4) is 0 Å². The number of aliphatic hydroxyl groups excluding tert-OH is 1. The number of hydrogen-bond acceptors (Lipinski definition) is 3. The van der Waals surface area contributed by atoms with Crippen LogP contribution in [0.5, 0.6) is 0 Å². The summed E-state index contributed by atoms with van der Waals surface area (Å²) in [5.74, 6) is 0. The van der Waals surface area contributed by atoms with Crippen molar-refractivity contribution in [2.45, 2.75) is 0 Å². The van der Waals surface area contributed by atoms with Gasteiger partial charge in [0.25, 0.3) is 0 Å². The predicted octanol–water partition coefficient (Wildman–Crippen LogP) is -4.10. The second kappa shape index (κ2) is 11.6. The van der Waals surface area contributed by atoms with Crippen molar-refractivity contribution < 1.29 is 36.1 Å². The van der Waals surface area contributed by atoms with Crippen LogP contribution in [-0.4, -0.2) is 38.4 Å². The molecule has 0 saturated carbocycles. The molecule has 3 nitrogen and oxygen atoms in total. The van der Waals surface area contributed by atoms with Gasteiger partial charge < -0.3 is 17.2 Å². The van der Waals surface area contributed by atoms with Gasteiger partial charge in [0.05, 0.1) is 6.61 Å². The summed E-state index contributed by atoms with van der Waals surface area (Å²) in [6, 6.07) is 0. The molecule has 0 aliphatic heterocycles. The molecule has 0 heterocycles. The third-order valence-electron chi connectivity index (χ3n) is 0.840. The molecule has 0 radical (unpaired) electrons. The van der Waals surface area contributed by atoms with Crippen molar-refractivity contribution in [1.29, 1.82) is 0 Å². The summed E-state index contributed by atoms with van der Waals surface area (Å²) in [5, 5.41) is 14.3. The third kappa shape index (κ3) is 12.2. The molecule has 9 heavy (non-hydrogen) atoms. The quantitative estimate of drug-likeness (QED) is 0.270. The predicted molar refractivity (Wildman–Crippen MR) is 35.0 cm³/mol. The molecule has 0 rings (SSSR count). The Kier molecular flexibility index (Phi) is 16.2. The Morgan fingerprint density at radius 2 is 2.00 bits per heavy atom. The fourth-order valence-corrected chi connectivity index (χ4v) is 0.417. The van der Waals surface area contributed by atoms with Gasteiger partial charge in [0.1, 0.15) is 0 Å². The van der Waals surface area contributed by atoms with Crippen molar-refractivity contribution in [2.24, 2.45) is 0 Å². The second-order valence-electron chi connectivity index (χ2n) is 1.58. The molecule has 0 saturated heterocycles. The molecule has 0 aliphatic rings. The summed E-state index contributed by atoms with van der Waals surface area (Å²) in [5.41, 5.74) is 0. The van der Waals surface area contributed by atoms with Crippen molar-refractivity contribution in [3.63, 3.8) is 0 Å². The maximum Gasteiger partial charge on any atom is 1.00 e. The second-order valence-corrected chi connectivity index (χ2v) is 1.58. The van der Waals surface area contributed by atoms with Crippen LogP contribution in [0.2, 0.25) is 0 Å². The summed E-state index contributed by atoms with van der Waals surface area (Å²) in [7, 11) is 1.90. The molecule has 0 unspecified atom stereocenters. The first-order chi connectivity index (χ1) is 3.91. The van der Waals surface area contributed by atoms with E-state index in [0.29, 0.717) is 6.54 Å². The van der Waals surface area contributed by atoms with Crippen LogP contribution in [0.1, 0.15) is 1.43 Å². The van der Waals surface area contributed by atoms with Crippen LogP contribution >= 0.6 is 0 Å². The Morgan fingerprint density at radius 1 is 1.33 bits per heavy atom. The molecular weight excluding hydrogens is 127 g/mol. The molecule has 0 bridgehead atoms. The SMILES string of the molecule is CNCCNCCO.[H-].[Na+]. The van der Waals surface area contributed by atoms with Crippen molar-refractivity contribution >= 4 is 0 Å². The van der Waals surface area contributed by atoms with E-state index in [4.69, 9.17) is 5.11 Å². The largest absolute Gasteiger partial charge is 1.00 e. The Bertz CT molecular complexity index is 44.6. The van der Waals surface area contributed by atoms with Crippen molar-refractivity contribution in [3.05, 3.63) is 0 Å². The van der Waals surface area contributed by atoms with E-state index in [1.807, 2.05) is 7.05 Å². The Morgan fingerprint density at radius 3 is 2.44 bits per heavy atom. The first-order valence-corrected chi connectivity index (χ1v) is 2.88. The van der Waals surface area contributed by atoms with Gasteiger partial charge >= 0.3 is 29.6 Å². The van der Waals surface area contributed by atoms with Crippen molar-refractivity contribution in [1.82, 2.24) is 10.6 Å². The molecule has 0 aromatic heterocycles. The molecule has 0 fully saturated rings. The van der Waals surface area contributed by atoms with Gasteiger partial charge in [-0.3, -0.25) is 0 Å². The minimum absolute atomic E-state index is 0. The van der Waals surface area contributed by atoms with E-state index in [2.05, 4.69) is 10.6 Å². The fourth-order valence-electron chi connectivity index (χ4n) is 0.417. The molecular formula is C5H15N2NaO. The van der Waals surface area contributed by atoms with E-state index in [1.54, 1.807) is 0 Å². The minimum Gasteiger partial charge on any atom is -1.00 e. The Balaban J connectivity index is -0.000000245. The molecule has 0 aromatic rings. The van der Waals surface area contributed by atoms with Crippen molar-refractivity contribution in [2.75, 3.05) is 33.3 Å². The van der Waals surface area contributed by atoms with E-state index in [9.17, 15) is 0 Å². The average Bonchev–Trinajstić information content (AvgIpc) is 1.81. The maximum absolute atomic E-state index is 8.28. The Hall–Kier alpha value is 0.880. The normalized spacial score (nSPS) is 8.67. The van der Waals surface area contributed by atoms with E-state index in [-0.39, 0.29) is 37.6 Å². The first kappa shape index (κ1) is 12.5. The van der Waals surface area contributed by atoms with E-state index in [1.165, 1.54) is 0 Å². The van der Waals surface area contributed by atoms with Gasteiger partial charge in [-0.2, -0.15) is 0 Å². The van der Waals surface area contributed by atoms with E-state index in [0.717, 1.165) is 13.1 Å². The van der Waals surface area contributed by atoms with Crippen LogP contribution in [0.25, 0.3) is 0 Å². The standard InChI is InChI=1S/C5H14N2O.Na.H/c1-6-2-3-7-4-5-8;;/h6-8H,2-5H2,1H3;;/q;+1;-1. The monoisotopic (exact) mass is 142 g/mol. The van der Waals surface area contributed by atoms with Crippen molar-refractivity contribution in [3.8, 4) is 0 Å². The van der Waals surface area contributed by atoms with Crippen LogP contribution < -0.4 is 40.2 Å². The first-order valence-electron chi connectivity index (χ1n) is 2.88. The molecule has 0 aromatic carbocycles. The van der Waals surface area contributed by atoms with Gasteiger partial charge in [0.15, 0.2) is 0 Å². The van der Waals surface area contributed by atoms with Gasteiger partial charge in [-0.25, -0.2) is 0 Å². The summed E-state index contributed by atoms with van der Waals surface area (Å²) in [6.07, 6.45) is 0. The summed E-state index contributed by atoms with van der Waals surface area (Å²) in [4.78, 5) is 0. The zero-order valence-corrected chi connectivity index (χ0v) is 8.28. The molecule has 0 aliphatic carbocycles. The Labute approximate surface area is 80.0 Å². The smallest absolute Gasteiger partial charge is 1.00 e. The summed E-state index contributed by atoms with van der Waals surface area (Å²) < 4.78 is 0. The zero-order valence-electron chi connectivity index (χ0n) is 7.28. The summed E-state index contributed by atoms with van der Waals surface area (Å²) in [6.45, 7) is 2.81. The van der Waals surface area contributed by atoms with Crippen LogP contribution in [0.15, 0.2) is 0 Å². The summed E-state index contributed by atoms with van der Waals surface area (Å²) >= 11 is 0. The van der Waals surface area contributed by atoms with Gasteiger partial charge in [-0.05, 0) is 7.05 Å². The maximum atomic E-state index is 8.28. The molecule has 3 N–H and O–H groups in total. The number of nitrogens with one attached hydrogen (secondary N) is 2. The van der Waals surface area contributed by atoms with Crippen LogP contribution in [0.4, 0.5) is 0 Å². The molecule has 0 amide bonds. The molecule has 0 spiro atoms. The third-order valence-corrected chi connectivity index (χ3v) is 0.840. The number of likely N-dealkylation sites (N-methyl/N-ethyl adjacent to an activating group) is 1. The van der Waals surface area contributed by atoms with E-state index < -0.39 is 0 Å². The van der Waals surface area contributed by atoms with Crippen LogP contribution in [-0.2, 0) is 0 Å². The number of aliphatic hydroxyl groups is 1. The average molecular weight is 142 g/mol. The van der Waals surface area contributed by atoms with E-state index >= 15 is 0 Å². The van der Waals surface area contributed by atoms with Gasteiger partial charge in [0.2, 0.25) is 0 Å². The minimum atomic E-state index is 0. The van der Waals surface area contributed by atoms with Gasteiger partial charge in [-0.15, -0.1) is 0 Å². The number of hydrogen-bond donors (Lipinski definition) is 3. The van der Waals surface area contributed by atoms with Gasteiger partial charge in [-0.1, -0.05) is 0 Å². The zero-order chi connectivity index (χ0) is 6.24. The molecule has 4 heteroatoms. The number of rotatable bonds is 5.